The Morgan fingerprint density at radius 3 is 2.61 bits per heavy atom. The van der Waals surface area contributed by atoms with Gasteiger partial charge in [0.1, 0.15) is 12.4 Å². The number of benzene rings is 1. The van der Waals surface area contributed by atoms with Gasteiger partial charge >= 0.3 is 0 Å². The summed E-state index contributed by atoms with van der Waals surface area (Å²) in [5.74, 6) is 0.914. The molecule has 0 aliphatic carbocycles. The SMILES string of the molecule is CC1(NCCOc2ccc(Br)cc2)CCOCC1. The van der Waals surface area contributed by atoms with Crippen LogP contribution in [0.15, 0.2) is 28.7 Å². The summed E-state index contributed by atoms with van der Waals surface area (Å²) in [5.41, 5.74) is 0.210. The quantitative estimate of drug-likeness (QED) is 0.848. The highest BCUT2D eigenvalue weighted by Gasteiger charge is 2.26. The smallest absolute Gasteiger partial charge is 0.119 e. The van der Waals surface area contributed by atoms with Crippen LogP contribution in [0.2, 0.25) is 0 Å². The van der Waals surface area contributed by atoms with Gasteiger partial charge in [-0.2, -0.15) is 0 Å². The van der Waals surface area contributed by atoms with Gasteiger partial charge in [0.25, 0.3) is 0 Å². The van der Waals surface area contributed by atoms with Gasteiger partial charge in [0.2, 0.25) is 0 Å². The second-order valence-corrected chi connectivity index (χ2v) is 5.82. The largest absolute Gasteiger partial charge is 0.492 e. The van der Waals surface area contributed by atoms with Gasteiger partial charge in [-0.1, -0.05) is 15.9 Å². The third-order valence-corrected chi connectivity index (χ3v) is 3.86. The van der Waals surface area contributed by atoms with Crippen LogP contribution in [0.3, 0.4) is 0 Å². The monoisotopic (exact) mass is 313 g/mol. The van der Waals surface area contributed by atoms with Crippen molar-refractivity contribution in [2.45, 2.75) is 25.3 Å². The van der Waals surface area contributed by atoms with Crippen molar-refractivity contribution in [2.24, 2.45) is 0 Å². The van der Waals surface area contributed by atoms with Crippen LogP contribution in [0.5, 0.6) is 5.75 Å². The van der Waals surface area contributed by atoms with Crippen LogP contribution < -0.4 is 10.1 Å². The summed E-state index contributed by atoms with van der Waals surface area (Å²) >= 11 is 3.41. The highest BCUT2D eigenvalue weighted by Crippen LogP contribution is 2.19. The van der Waals surface area contributed by atoms with Crippen LogP contribution in [0, 0.1) is 0 Å². The molecule has 100 valence electrons. The number of ether oxygens (including phenoxy) is 2. The number of hydrogen-bond donors (Lipinski definition) is 1. The van der Waals surface area contributed by atoms with E-state index in [0.29, 0.717) is 6.61 Å². The van der Waals surface area contributed by atoms with Crippen molar-refractivity contribution >= 4 is 15.9 Å². The van der Waals surface area contributed by atoms with E-state index in [4.69, 9.17) is 9.47 Å². The van der Waals surface area contributed by atoms with Crippen LogP contribution in [0.25, 0.3) is 0 Å². The third-order valence-electron chi connectivity index (χ3n) is 3.33. The molecule has 0 saturated carbocycles. The molecule has 3 nitrogen and oxygen atoms in total. The zero-order valence-electron chi connectivity index (χ0n) is 10.7. The average Bonchev–Trinajstić information content (AvgIpc) is 2.38. The summed E-state index contributed by atoms with van der Waals surface area (Å²) in [6.07, 6.45) is 2.15. The molecule has 1 aromatic carbocycles. The fraction of sp³-hybridized carbons (Fsp3) is 0.571. The molecular weight excluding hydrogens is 294 g/mol. The molecule has 0 atom stereocenters. The molecule has 0 aromatic heterocycles. The zero-order valence-corrected chi connectivity index (χ0v) is 12.3. The summed E-state index contributed by atoms with van der Waals surface area (Å²) in [5, 5.41) is 3.57. The van der Waals surface area contributed by atoms with Crippen molar-refractivity contribution < 1.29 is 9.47 Å². The normalized spacial score (nSPS) is 18.6. The Balaban J connectivity index is 1.67. The highest BCUT2D eigenvalue weighted by atomic mass is 79.9. The van der Waals surface area contributed by atoms with Gasteiger partial charge in [0.05, 0.1) is 0 Å². The van der Waals surface area contributed by atoms with E-state index in [0.717, 1.165) is 42.8 Å². The lowest BCUT2D eigenvalue weighted by atomic mass is 9.93. The number of hydrogen-bond acceptors (Lipinski definition) is 3. The van der Waals surface area contributed by atoms with E-state index >= 15 is 0 Å². The topological polar surface area (TPSA) is 30.5 Å². The second-order valence-electron chi connectivity index (χ2n) is 4.90. The van der Waals surface area contributed by atoms with Crippen LogP contribution in [-0.2, 0) is 4.74 Å². The molecule has 1 fully saturated rings. The second kappa shape index (κ2) is 6.55. The number of halogens is 1. The lowest BCUT2D eigenvalue weighted by Crippen LogP contribution is -2.48. The Bertz CT molecular complexity index is 361. The van der Waals surface area contributed by atoms with E-state index in [1.807, 2.05) is 24.3 Å². The van der Waals surface area contributed by atoms with E-state index in [9.17, 15) is 0 Å². The highest BCUT2D eigenvalue weighted by molar-refractivity contribution is 9.10. The standard InChI is InChI=1S/C14H20BrNO2/c1-14(6-9-17-10-7-14)16-8-11-18-13-4-2-12(15)3-5-13/h2-5,16H,6-11H2,1H3. The molecule has 1 aliphatic heterocycles. The van der Waals surface area contributed by atoms with E-state index in [2.05, 4.69) is 28.2 Å². The first-order chi connectivity index (χ1) is 8.68. The first kappa shape index (κ1) is 13.8. The minimum absolute atomic E-state index is 0.210. The van der Waals surface area contributed by atoms with Gasteiger partial charge < -0.3 is 14.8 Å². The fourth-order valence-corrected chi connectivity index (χ4v) is 2.32. The Labute approximate surface area is 117 Å². The van der Waals surface area contributed by atoms with Crippen LogP contribution >= 0.6 is 15.9 Å². The molecule has 0 unspecified atom stereocenters. The molecular formula is C14H20BrNO2. The maximum Gasteiger partial charge on any atom is 0.119 e. The van der Waals surface area contributed by atoms with Crippen molar-refractivity contribution in [3.8, 4) is 5.75 Å². The van der Waals surface area contributed by atoms with Gasteiger partial charge in [0, 0.05) is 29.8 Å². The van der Waals surface area contributed by atoms with E-state index in [1.165, 1.54) is 0 Å². The Kier molecular flexibility index (Phi) is 5.03. The summed E-state index contributed by atoms with van der Waals surface area (Å²) in [4.78, 5) is 0. The molecule has 1 aromatic rings. The van der Waals surface area contributed by atoms with Gasteiger partial charge in [-0.25, -0.2) is 0 Å². The predicted octanol–water partition coefficient (Wildman–Crippen LogP) is 2.99. The molecule has 0 radical (unpaired) electrons. The molecule has 1 saturated heterocycles. The molecule has 1 heterocycles. The molecule has 0 amide bonds. The number of rotatable bonds is 5. The maximum atomic E-state index is 5.68. The van der Waals surface area contributed by atoms with Crippen molar-refractivity contribution in [3.63, 3.8) is 0 Å². The average molecular weight is 314 g/mol. The summed E-state index contributed by atoms with van der Waals surface area (Å²) < 4.78 is 12.1. The fourth-order valence-electron chi connectivity index (χ4n) is 2.05. The lowest BCUT2D eigenvalue weighted by molar-refractivity contribution is 0.0440. The zero-order chi connectivity index (χ0) is 12.8. The summed E-state index contributed by atoms with van der Waals surface area (Å²) in [6.45, 7) is 5.54. The van der Waals surface area contributed by atoms with Gasteiger partial charge in [-0.15, -0.1) is 0 Å². The molecule has 1 N–H and O–H groups in total. The molecule has 1 aliphatic rings. The molecule has 18 heavy (non-hydrogen) atoms. The van der Waals surface area contributed by atoms with E-state index in [-0.39, 0.29) is 5.54 Å². The Morgan fingerprint density at radius 1 is 1.28 bits per heavy atom. The Morgan fingerprint density at radius 2 is 1.94 bits per heavy atom. The predicted molar refractivity (Wildman–Crippen MR) is 76.1 cm³/mol. The van der Waals surface area contributed by atoms with Crippen LogP contribution in [0.1, 0.15) is 19.8 Å². The van der Waals surface area contributed by atoms with Crippen molar-refractivity contribution in [1.29, 1.82) is 0 Å². The van der Waals surface area contributed by atoms with Gasteiger partial charge in [-0.3, -0.25) is 0 Å². The molecule has 0 bridgehead atoms. The van der Waals surface area contributed by atoms with Crippen LogP contribution in [-0.4, -0.2) is 31.9 Å². The van der Waals surface area contributed by atoms with Crippen molar-refractivity contribution in [3.05, 3.63) is 28.7 Å². The van der Waals surface area contributed by atoms with Crippen LogP contribution in [0.4, 0.5) is 0 Å². The van der Waals surface area contributed by atoms with Gasteiger partial charge in [-0.05, 0) is 44.0 Å². The summed E-state index contributed by atoms with van der Waals surface area (Å²) in [6, 6.07) is 7.92. The van der Waals surface area contributed by atoms with E-state index in [1.54, 1.807) is 0 Å². The third kappa shape index (κ3) is 4.26. The van der Waals surface area contributed by atoms with Gasteiger partial charge in [0.15, 0.2) is 0 Å². The molecule has 4 heteroatoms. The molecule has 2 rings (SSSR count). The van der Waals surface area contributed by atoms with Crippen molar-refractivity contribution in [1.82, 2.24) is 5.32 Å². The lowest BCUT2D eigenvalue weighted by Gasteiger charge is -2.34. The maximum absolute atomic E-state index is 5.68. The Hall–Kier alpha value is -0.580. The number of nitrogens with one attached hydrogen (secondary N) is 1. The molecule has 0 spiro atoms. The minimum atomic E-state index is 0.210. The van der Waals surface area contributed by atoms with Crippen molar-refractivity contribution in [2.75, 3.05) is 26.4 Å². The minimum Gasteiger partial charge on any atom is -0.492 e. The van der Waals surface area contributed by atoms with E-state index < -0.39 is 0 Å². The first-order valence-electron chi connectivity index (χ1n) is 6.39. The summed E-state index contributed by atoms with van der Waals surface area (Å²) in [7, 11) is 0. The first-order valence-corrected chi connectivity index (χ1v) is 7.18.